The molecule has 0 atom stereocenters. The Balaban J connectivity index is 2.21. The van der Waals surface area contributed by atoms with E-state index in [4.69, 9.17) is 0 Å². The minimum atomic E-state index is -1.03. The molecule has 2 amide bonds. The molecule has 0 aliphatic rings. The molecule has 0 aliphatic heterocycles. The highest BCUT2D eigenvalue weighted by molar-refractivity contribution is 6.04. The summed E-state index contributed by atoms with van der Waals surface area (Å²) in [5, 5.41) is 4.44. The van der Waals surface area contributed by atoms with Crippen molar-refractivity contribution in [2.24, 2.45) is 0 Å². The van der Waals surface area contributed by atoms with E-state index in [0.29, 0.717) is 6.07 Å². The lowest BCUT2D eigenvalue weighted by molar-refractivity contribution is 0.102. The molecular weight excluding hydrogens is 313 g/mol. The monoisotopic (exact) mass is 324 g/mol. The lowest BCUT2D eigenvalue weighted by Crippen LogP contribution is -2.15. The summed E-state index contributed by atoms with van der Waals surface area (Å²) in [6.45, 7) is 0. The van der Waals surface area contributed by atoms with E-state index < -0.39 is 29.5 Å². The van der Waals surface area contributed by atoms with Crippen LogP contribution in [0.25, 0.3) is 0 Å². The minimum Gasteiger partial charge on any atom is -0.453 e. The molecule has 2 aromatic carbocycles. The number of hydrogen-bond donors (Lipinski definition) is 2. The van der Waals surface area contributed by atoms with Gasteiger partial charge in [-0.3, -0.25) is 10.1 Å². The fourth-order valence-electron chi connectivity index (χ4n) is 1.73. The highest BCUT2D eigenvalue weighted by Crippen LogP contribution is 2.21. The van der Waals surface area contributed by atoms with Gasteiger partial charge >= 0.3 is 6.09 Å². The molecule has 0 unspecified atom stereocenters. The van der Waals surface area contributed by atoms with Crippen LogP contribution in [-0.4, -0.2) is 19.1 Å². The average Bonchev–Trinajstić information content (AvgIpc) is 2.50. The number of ether oxygens (including phenoxy) is 1. The van der Waals surface area contributed by atoms with Crippen LogP contribution in [0.5, 0.6) is 0 Å². The summed E-state index contributed by atoms with van der Waals surface area (Å²) in [6, 6.07) is 5.85. The summed E-state index contributed by atoms with van der Waals surface area (Å²) >= 11 is 0. The smallest absolute Gasteiger partial charge is 0.411 e. The van der Waals surface area contributed by atoms with Crippen LogP contribution in [-0.2, 0) is 4.74 Å². The summed E-state index contributed by atoms with van der Waals surface area (Å²) < 4.78 is 44.2. The molecule has 0 aliphatic carbocycles. The Morgan fingerprint density at radius 2 is 1.70 bits per heavy atom. The maximum absolute atomic E-state index is 13.6. The third-order valence-corrected chi connectivity index (χ3v) is 2.82. The van der Waals surface area contributed by atoms with E-state index >= 15 is 0 Å². The Bertz CT molecular complexity index is 766. The third kappa shape index (κ3) is 4.00. The van der Waals surface area contributed by atoms with Crippen LogP contribution in [0.3, 0.4) is 0 Å². The van der Waals surface area contributed by atoms with E-state index in [0.717, 1.165) is 31.4 Å². The van der Waals surface area contributed by atoms with Gasteiger partial charge in [0.15, 0.2) is 0 Å². The zero-order valence-corrected chi connectivity index (χ0v) is 11.8. The van der Waals surface area contributed by atoms with Crippen molar-refractivity contribution in [1.82, 2.24) is 0 Å². The van der Waals surface area contributed by atoms with Gasteiger partial charge in [0.1, 0.15) is 17.5 Å². The Labute approximate surface area is 129 Å². The quantitative estimate of drug-likeness (QED) is 0.907. The van der Waals surface area contributed by atoms with Gasteiger partial charge in [-0.2, -0.15) is 0 Å². The van der Waals surface area contributed by atoms with Gasteiger partial charge in [0, 0.05) is 11.8 Å². The number of carbonyl (C=O) groups excluding carboxylic acids is 2. The summed E-state index contributed by atoms with van der Waals surface area (Å²) in [4.78, 5) is 23.0. The van der Waals surface area contributed by atoms with E-state index in [2.05, 4.69) is 15.4 Å². The number of nitrogens with one attached hydrogen (secondary N) is 2. The zero-order chi connectivity index (χ0) is 17.0. The predicted octanol–water partition coefficient (Wildman–Crippen LogP) is 3.53. The zero-order valence-electron chi connectivity index (χ0n) is 11.8. The molecule has 0 aromatic heterocycles. The predicted molar refractivity (Wildman–Crippen MR) is 76.7 cm³/mol. The number of rotatable bonds is 3. The van der Waals surface area contributed by atoms with Crippen molar-refractivity contribution in [3.8, 4) is 0 Å². The first-order chi connectivity index (χ1) is 10.9. The standard InChI is InChI=1S/C15H11F3N2O3/c1-23-15(22)20-13-7-9(3-5-11(13)17)19-14(21)10-4-2-8(16)6-12(10)18/h2-7H,1H3,(H,19,21)(H,20,22). The Kier molecular flexibility index (Phi) is 4.85. The second-order valence-corrected chi connectivity index (χ2v) is 4.39. The Morgan fingerprint density at radius 1 is 0.957 bits per heavy atom. The number of halogens is 3. The van der Waals surface area contributed by atoms with Gasteiger partial charge in [0.25, 0.3) is 5.91 Å². The molecule has 0 radical (unpaired) electrons. The molecule has 23 heavy (non-hydrogen) atoms. The maximum Gasteiger partial charge on any atom is 0.411 e. The first kappa shape index (κ1) is 16.3. The van der Waals surface area contributed by atoms with Crippen molar-refractivity contribution in [2.45, 2.75) is 0 Å². The van der Waals surface area contributed by atoms with Crippen molar-refractivity contribution >= 4 is 23.4 Å². The second kappa shape index (κ2) is 6.82. The number of benzene rings is 2. The van der Waals surface area contributed by atoms with Crippen LogP contribution in [0, 0.1) is 17.5 Å². The van der Waals surface area contributed by atoms with E-state index in [1.807, 2.05) is 0 Å². The minimum absolute atomic E-state index is 0.103. The second-order valence-electron chi connectivity index (χ2n) is 4.39. The van der Waals surface area contributed by atoms with E-state index in [1.165, 1.54) is 6.07 Å². The summed E-state index contributed by atoms with van der Waals surface area (Å²) in [5.41, 5.74) is -0.501. The van der Waals surface area contributed by atoms with Crippen LogP contribution < -0.4 is 10.6 Å². The van der Waals surface area contributed by atoms with Crippen LogP contribution >= 0.6 is 0 Å². The van der Waals surface area contributed by atoms with Gasteiger partial charge in [-0.1, -0.05) is 0 Å². The normalized spacial score (nSPS) is 10.1. The lowest BCUT2D eigenvalue weighted by Gasteiger charge is -2.09. The SMILES string of the molecule is COC(=O)Nc1cc(NC(=O)c2ccc(F)cc2F)ccc1F. The molecular formula is C15H11F3N2O3. The highest BCUT2D eigenvalue weighted by atomic mass is 19.1. The van der Waals surface area contributed by atoms with Gasteiger partial charge in [-0.25, -0.2) is 18.0 Å². The van der Waals surface area contributed by atoms with E-state index in [9.17, 15) is 22.8 Å². The number of methoxy groups -OCH3 is 1. The van der Waals surface area contributed by atoms with Crippen molar-refractivity contribution in [3.63, 3.8) is 0 Å². The molecule has 0 heterocycles. The first-order valence-corrected chi connectivity index (χ1v) is 6.31. The molecule has 5 nitrogen and oxygen atoms in total. The summed E-state index contributed by atoms with van der Waals surface area (Å²) in [5.74, 6) is -3.44. The molecule has 2 rings (SSSR count). The van der Waals surface area contributed by atoms with E-state index in [1.54, 1.807) is 0 Å². The largest absolute Gasteiger partial charge is 0.453 e. The van der Waals surface area contributed by atoms with Gasteiger partial charge < -0.3 is 10.1 Å². The average molecular weight is 324 g/mol. The van der Waals surface area contributed by atoms with Crippen molar-refractivity contribution < 1.29 is 27.5 Å². The van der Waals surface area contributed by atoms with Gasteiger partial charge in [-0.05, 0) is 30.3 Å². The highest BCUT2D eigenvalue weighted by Gasteiger charge is 2.14. The number of anilines is 2. The summed E-state index contributed by atoms with van der Waals surface area (Å²) in [7, 11) is 1.11. The molecule has 0 spiro atoms. The van der Waals surface area contributed by atoms with Gasteiger partial charge in [0.2, 0.25) is 0 Å². The molecule has 0 fully saturated rings. The van der Waals surface area contributed by atoms with Crippen molar-refractivity contribution in [1.29, 1.82) is 0 Å². The van der Waals surface area contributed by atoms with Crippen LogP contribution in [0.2, 0.25) is 0 Å². The number of hydrogen-bond acceptors (Lipinski definition) is 3. The maximum atomic E-state index is 13.6. The first-order valence-electron chi connectivity index (χ1n) is 6.31. The molecule has 2 N–H and O–H groups in total. The van der Waals surface area contributed by atoms with Crippen LogP contribution in [0.4, 0.5) is 29.3 Å². The molecule has 120 valence electrons. The molecule has 8 heteroatoms. The number of carbonyl (C=O) groups is 2. The molecule has 2 aromatic rings. The van der Waals surface area contributed by atoms with Gasteiger partial charge in [-0.15, -0.1) is 0 Å². The van der Waals surface area contributed by atoms with Crippen molar-refractivity contribution in [3.05, 3.63) is 59.4 Å². The lowest BCUT2D eigenvalue weighted by atomic mass is 10.2. The number of amides is 2. The fourth-order valence-corrected chi connectivity index (χ4v) is 1.73. The summed E-state index contributed by atoms with van der Waals surface area (Å²) in [6.07, 6.45) is -0.892. The van der Waals surface area contributed by atoms with Gasteiger partial charge in [0.05, 0.1) is 18.4 Å². The molecule has 0 saturated heterocycles. The fraction of sp³-hybridized carbons (Fsp3) is 0.0667. The Morgan fingerprint density at radius 3 is 2.35 bits per heavy atom. The molecule has 0 bridgehead atoms. The van der Waals surface area contributed by atoms with Crippen LogP contribution in [0.1, 0.15) is 10.4 Å². The molecule has 0 saturated carbocycles. The topological polar surface area (TPSA) is 67.4 Å². The van der Waals surface area contributed by atoms with E-state index in [-0.39, 0.29) is 16.9 Å². The van der Waals surface area contributed by atoms with Crippen LogP contribution in [0.15, 0.2) is 36.4 Å². The van der Waals surface area contributed by atoms with Crippen molar-refractivity contribution in [2.75, 3.05) is 17.7 Å². The third-order valence-electron chi connectivity index (χ3n) is 2.82. The Hall–Kier alpha value is -3.03.